The SMILES string of the molecule is CC1(CCO)NC(=O)C(C)(C)O1. The molecule has 2 N–H and O–H groups in total. The van der Waals surface area contributed by atoms with E-state index in [-0.39, 0.29) is 12.5 Å². The zero-order valence-electron chi connectivity index (χ0n) is 7.68. The molecule has 1 aliphatic rings. The summed E-state index contributed by atoms with van der Waals surface area (Å²) in [6.07, 6.45) is 0.419. The first-order valence-electron chi connectivity index (χ1n) is 4.03. The third-order valence-electron chi connectivity index (χ3n) is 1.99. The molecule has 1 amide bonds. The highest BCUT2D eigenvalue weighted by Gasteiger charge is 2.46. The lowest BCUT2D eigenvalue weighted by Crippen LogP contribution is -2.40. The van der Waals surface area contributed by atoms with Crippen molar-refractivity contribution in [1.82, 2.24) is 5.32 Å². The molecule has 1 aliphatic heterocycles. The number of rotatable bonds is 2. The van der Waals surface area contributed by atoms with E-state index in [2.05, 4.69) is 5.32 Å². The van der Waals surface area contributed by atoms with Crippen LogP contribution in [0.5, 0.6) is 0 Å². The molecule has 0 radical (unpaired) electrons. The van der Waals surface area contributed by atoms with Crippen LogP contribution in [0.2, 0.25) is 0 Å². The molecule has 1 saturated heterocycles. The number of nitrogens with one attached hydrogen (secondary N) is 1. The Kier molecular flexibility index (Phi) is 2.14. The minimum Gasteiger partial charge on any atom is -0.396 e. The average molecular weight is 173 g/mol. The third-order valence-corrected chi connectivity index (χ3v) is 1.99. The van der Waals surface area contributed by atoms with Crippen LogP contribution >= 0.6 is 0 Å². The van der Waals surface area contributed by atoms with Crippen molar-refractivity contribution in [3.63, 3.8) is 0 Å². The second-order valence-corrected chi connectivity index (χ2v) is 3.77. The Bertz CT molecular complexity index is 202. The summed E-state index contributed by atoms with van der Waals surface area (Å²) < 4.78 is 5.47. The van der Waals surface area contributed by atoms with Gasteiger partial charge < -0.3 is 15.2 Å². The maximum Gasteiger partial charge on any atom is 0.253 e. The maximum absolute atomic E-state index is 11.3. The molecule has 4 heteroatoms. The largest absolute Gasteiger partial charge is 0.396 e. The standard InChI is InChI=1S/C8H15NO3/c1-7(2)6(11)9-8(3,12-7)4-5-10/h10H,4-5H2,1-3H3,(H,9,11). The number of carbonyl (C=O) groups excluding carboxylic acids is 1. The molecular formula is C8H15NO3. The molecule has 0 bridgehead atoms. The summed E-state index contributed by atoms with van der Waals surface area (Å²) in [6, 6.07) is 0. The normalized spacial score (nSPS) is 33.5. The Morgan fingerprint density at radius 1 is 1.50 bits per heavy atom. The van der Waals surface area contributed by atoms with Crippen molar-refractivity contribution in [3.05, 3.63) is 0 Å². The molecule has 0 spiro atoms. The minimum absolute atomic E-state index is 0.00681. The Morgan fingerprint density at radius 3 is 2.42 bits per heavy atom. The van der Waals surface area contributed by atoms with Crippen molar-refractivity contribution < 1.29 is 14.6 Å². The molecule has 1 rings (SSSR count). The molecule has 0 aromatic heterocycles. The van der Waals surface area contributed by atoms with Gasteiger partial charge in [-0.2, -0.15) is 0 Å². The van der Waals surface area contributed by atoms with E-state index in [1.165, 1.54) is 0 Å². The third kappa shape index (κ3) is 1.59. The van der Waals surface area contributed by atoms with Crippen molar-refractivity contribution in [3.8, 4) is 0 Å². The summed E-state index contributed by atoms with van der Waals surface area (Å²) in [7, 11) is 0. The Morgan fingerprint density at radius 2 is 2.08 bits per heavy atom. The lowest BCUT2D eigenvalue weighted by atomic mass is 10.1. The monoisotopic (exact) mass is 173 g/mol. The lowest BCUT2D eigenvalue weighted by Gasteiger charge is -2.24. The van der Waals surface area contributed by atoms with E-state index in [1.807, 2.05) is 0 Å². The molecule has 1 atom stereocenters. The first kappa shape index (κ1) is 9.48. The van der Waals surface area contributed by atoms with Crippen LogP contribution in [0.1, 0.15) is 27.2 Å². The summed E-state index contributed by atoms with van der Waals surface area (Å²) in [5, 5.41) is 11.4. The molecule has 12 heavy (non-hydrogen) atoms. The summed E-state index contributed by atoms with van der Waals surface area (Å²) in [5.41, 5.74) is -1.47. The second kappa shape index (κ2) is 2.71. The lowest BCUT2D eigenvalue weighted by molar-refractivity contribution is -0.134. The quantitative estimate of drug-likeness (QED) is 0.618. The van der Waals surface area contributed by atoms with Gasteiger partial charge in [0.2, 0.25) is 0 Å². The van der Waals surface area contributed by atoms with Gasteiger partial charge in [0.1, 0.15) is 11.3 Å². The van der Waals surface area contributed by atoms with Gasteiger partial charge in [-0.25, -0.2) is 0 Å². The summed E-state index contributed by atoms with van der Waals surface area (Å²) in [4.78, 5) is 11.3. The van der Waals surface area contributed by atoms with Crippen molar-refractivity contribution >= 4 is 5.91 Å². The van der Waals surface area contributed by atoms with Gasteiger partial charge in [-0.1, -0.05) is 0 Å². The number of aliphatic hydroxyl groups is 1. The molecular weight excluding hydrogens is 158 g/mol. The predicted molar refractivity (Wildman–Crippen MR) is 43.4 cm³/mol. The van der Waals surface area contributed by atoms with Gasteiger partial charge in [0.15, 0.2) is 0 Å². The van der Waals surface area contributed by atoms with E-state index in [4.69, 9.17) is 9.84 Å². The van der Waals surface area contributed by atoms with Crippen molar-refractivity contribution in [2.24, 2.45) is 0 Å². The van der Waals surface area contributed by atoms with Gasteiger partial charge in [0.25, 0.3) is 5.91 Å². The van der Waals surface area contributed by atoms with Crippen LogP contribution in [0.3, 0.4) is 0 Å². The number of ether oxygens (including phenoxy) is 1. The molecule has 1 unspecified atom stereocenters. The van der Waals surface area contributed by atoms with Gasteiger partial charge in [-0.15, -0.1) is 0 Å². The Balaban J connectivity index is 2.71. The number of hydrogen-bond acceptors (Lipinski definition) is 3. The van der Waals surface area contributed by atoms with Crippen LogP contribution in [0.25, 0.3) is 0 Å². The van der Waals surface area contributed by atoms with E-state index in [1.54, 1.807) is 20.8 Å². The first-order valence-corrected chi connectivity index (χ1v) is 4.03. The smallest absolute Gasteiger partial charge is 0.253 e. The predicted octanol–water partition coefficient (Wildman–Crippen LogP) is 0.01000. The number of aliphatic hydroxyl groups excluding tert-OH is 1. The highest BCUT2D eigenvalue weighted by molar-refractivity contribution is 5.86. The molecule has 4 nitrogen and oxygen atoms in total. The fraction of sp³-hybridized carbons (Fsp3) is 0.875. The number of hydrogen-bond donors (Lipinski definition) is 2. The second-order valence-electron chi connectivity index (χ2n) is 3.77. The van der Waals surface area contributed by atoms with Gasteiger partial charge in [-0.3, -0.25) is 4.79 Å². The molecule has 1 fully saturated rings. The topological polar surface area (TPSA) is 58.6 Å². The number of amides is 1. The summed E-state index contributed by atoms with van der Waals surface area (Å²) >= 11 is 0. The fourth-order valence-corrected chi connectivity index (χ4v) is 1.35. The van der Waals surface area contributed by atoms with E-state index in [0.29, 0.717) is 6.42 Å². The van der Waals surface area contributed by atoms with Crippen LogP contribution in [-0.2, 0) is 9.53 Å². The highest BCUT2D eigenvalue weighted by Crippen LogP contribution is 2.28. The fourth-order valence-electron chi connectivity index (χ4n) is 1.35. The summed E-state index contributed by atoms with van der Waals surface area (Å²) in [6.45, 7) is 5.19. The van der Waals surface area contributed by atoms with E-state index in [0.717, 1.165) is 0 Å². The molecule has 0 saturated carbocycles. The summed E-state index contributed by atoms with van der Waals surface area (Å²) in [5.74, 6) is -0.126. The Hall–Kier alpha value is -0.610. The van der Waals surface area contributed by atoms with Gasteiger partial charge >= 0.3 is 0 Å². The van der Waals surface area contributed by atoms with Crippen LogP contribution in [-0.4, -0.2) is 28.9 Å². The molecule has 0 aliphatic carbocycles. The molecule has 1 heterocycles. The van der Waals surface area contributed by atoms with Crippen molar-refractivity contribution in [1.29, 1.82) is 0 Å². The van der Waals surface area contributed by atoms with E-state index in [9.17, 15) is 4.79 Å². The van der Waals surface area contributed by atoms with Gasteiger partial charge in [0.05, 0.1) is 0 Å². The van der Waals surface area contributed by atoms with Crippen molar-refractivity contribution in [2.45, 2.75) is 38.5 Å². The minimum atomic E-state index is -0.774. The van der Waals surface area contributed by atoms with Gasteiger partial charge in [0, 0.05) is 13.0 Å². The Labute approximate surface area is 71.9 Å². The van der Waals surface area contributed by atoms with Crippen LogP contribution in [0.15, 0.2) is 0 Å². The zero-order valence-corrected chi connectivity index (χ0v) is 7.68. The number of carbonyl (C=O) groups is 1. The maximum atomic E-state index is 11.3. The highest BCUT2D eigenvalue weighted by atomic mass is 16.6. The van der Waals surface area contributed by atoms with Crippen LogP contribution in [0.4, 0.5) is 0 Å². The molecule has 0 aromatic carbocycles. The zero-order chi connectivity index (χ0) is 9.41. The van der Waals surface area contributed by atoms with Gasteiger partial charge in [-0.05, 0) is 20.8 Å². The molecule has 0 aromatic rings. The van der Waals surface area contributed by atoms with Crippen LogP contribution < -0.4 is 5.32 Å². The van der Waals surface area contributed by atoms with E-state index >= 15 is 0 Å². The molecule has 70 valence electrons. The van der Waals surface area contributed by atoms with Crippen LogP contribution in [0, 0.1) is 0 Å². The average Bonchev–Trinajstić information content (AvgIpc) is 2.02. The van der Waals surface area contributed by atoms with Crippen molar-refractivity contribution in [2.75, 3.05) is 6.61 Å². The first-order chi connectivity index (χ1) is 5.40. The van der Waals surface area contributed by atoms with E-state index < -0.39 is 11.3 Å².